The quantitative estimate of drug-likeness (QED) is 0.720. The zero-order chi connectivity index (χ0) is 9.68. The monoisotopic (exact) mass is 220 g/mol. The normalized spacial score (nSPS) is 24.2. The molecule has 0 heterocycles. The minimum Gasteiger partial charge on any atom is -0.309 e. The highest BCUT2D eigenvalue weighted by molar-refractivity contribution is 8.26. The molecule has 0 amide bonds. The second-order valence-electron chi connectivity index (χ2n) is 3.84. The molecule has 1 rings (SSSR count). The van der Waals surface area contributed by atoms with Crippen LogP contribution in [-0.4, -0.2) is 11.4 Å². The Labute approximate surface area is 89.0 Å². The smallest absolute Gasteiger partial charge is 0.0694 e. The molecular weight excluding hydrogens is 200 g/mol. The van der Waals surface area contributed by atoms with Crippen LogP contribution in [0.2, 0.25) is 0 Å². The van der Waals surface area contributed by atoms with E-state index in [9.17, 15) is 0 Å². The first-order valence-electron chi connectivity index (χ1n) is 5.31. The molecule has 0 aromatic carbocycles. The molecule has 2 atom stereocenters. The second kappa shape index (κ2) is 6.10. The van der Waals surface area contributed by atoms with Crippen LogP contribution >= 0.6 is 0 Å². The fourth-order valence-corrected chi connectivity index (χ4v) is 3.88. The topological polar surface area (TPSA) is 9.23 Å². The van der Waals surface area contributed by atoms with Gasteiger partial charge in [-0.2, -0.15) is 0 Å². The molecule has 1 aliphatic carbocycles. The molecule has 13 heavy (non-hydrogen) atoms. The first kappa shape index (κ1) is 11.6. The van der Waals surface area contributed by atoms with Crippen molar-refractivity contribution in [2.45, 2.75) is 63.7 Å². The van der Waals surface area contributed by atoms with Crippen LogP contribution in [0.15, 0.2) is 0 Å². The fourth-order valence-electron chi connectivity index (χ4n) is 1.57. The van der Waals surface area contributed by atoms with E-state index in [1.165, 1.54) is 32.1 Å². The van der Waals surface area contributed by atoms with Gasteiger partial charge in [-0.25, -0.2) is 0 Å². The Bertz CT molecular complexity index is 164. The largest absolute Gasteiger partial charge is 0.309 e. The summed E-state index contributed by atoms with van der Waals surface area (Å²) in [6.45, 7) is 4.27. The Kier molecular flexibility index (Phi) is 5.44. The summed E-state index contributed by atoms with van der Waals surface area (Å²) in [6.07, 6.45) is 8.12. The molecule has 0 aliphatic heterocycles. The summed E-state index contributed by atoms with van der Waals surface area (Å²) >= 11 is 5.41. The molecule has 1 nitrogen and oxygen atoms in total. The van der Waals surface area contributed by atoms with Gasteiger partial charge in [0.05, 0.1) is 6.10 Å². The molecule has 0 N–H and O–H groups in total. The molecule has 1 saturated carbocycles. The third kappa shape index (κ3) is 4.05. The van der Waals surface area contributed by atoms with Gasteiger partial charge in [0, 0.05) is 15.0 Å². The van der Waals surface area contributed by atoms with E-state index in [1.54, 1.807) is 0 Å². The molecule has 1 aliphatic rings. The van der Waals surface area contributed by atoms with Crippen LogP contribution in [0.1, 0.15) is 52.4 Å². The van der Waals surface area contributed by atoms with Gasteiger partial charge in [-0.05, 0) is 37.4 Å². The summed E-state index contributed by atoms with van der Waals surface area (Å²) in [4.78, 5) is 0. The van der Waals surface area contributed by atoms with E-state index < -0.39 is 0 Å². The molecule has 0 saturated heterocycles. The van der Waals surface area contributed by atoms with Crippen molar-refractivity contribution in [2.75, 3.05) is 0 Å². The molecule has 0 spiro atoms. The maximum atomic E-state index is 5.78. The lowest BCUT2D eigenvalue weighted by Gasteiger charge is -2.24. The summed E-state index contributed by atoms with van der Waals surface area (Å²) in [7, 11) is -0.203. The average Bonchev–Trinajstić information content (AvgIpc) is 2.19. The first-order valence-corrected chi connectivity index (χ1v) is 7.45. The van der Waals surface area contributed by atoms with E-state index >= 15 is 0 Å². The van der Waals surface area contributed by atoms with E-state index in [-0.39, 0.29) is 9.74 Å². The van der Waals surface area contributed by atoms with Gasteiger partial charge in [-0.3, -0.25) is 0 Å². The van der Waals surface area contributed by atoms with Crippen LogP contribution in [-0.2, 0) is 25.1 Å². The van der Waals surface area contributed by atoms with Crippen molar-refractivity contribution in [3.63, 3.8) is 0 Å². The Morgan fingerprint density at radius 1 is 1.38 bits per heavy atom. The van der Waals surface area contributed by atoms with Crippen molar-refractivity contribution >= 4 is 20.9 Å². The van der Waals surface area contributed by atoms with Crippen LogP contribution in [0.25, 0.3) is 0 Å². The molecule has 0 radical (unpaired) electrons. The van der Waals surface area contributed by atoms with Gasteiger partial charge in [0.15, 0.2) is 0 Å². The van der Waals surface area contributed by atoms with Crippen molar-refractivity contribution in [3.05, 3.63) is 0 Å². The van der Waals surface area contributed by atoms with Crippen LogP contribution in [0.5, 0.6) is 0 Å². The third-order valence-corrected chi connectivity index (χ3v) is 5.24. The fraction of sp³-hybridized carbons (Fsp3) is 1.00. The summed E-state index contributed by atoms with van der Waals surface area (Å²) < 4.78 is 5.78. The molecular formula is C10H20OS2. The zero-order valence-electron chi connectivity index (χ0n) is 8.62. The van der Waals surface area contributed by atoms with E-state index in [4.69, 9.17) is 15.4 Å². The first-order chi connectivity index (χ1) is 6.24. The zero-order valence-corrected chi connectivity index (χ0v) is 10.3. The third-order valence-electron chi connectivity index (χ3n) is 2.66. The predicted molar refractivity (Wildman–Crippen MR) is 62.4 cm³/mol. The lowest BCUT2D eigenvalue weighted by atomic mass is 10.0. The van der Waals surface area contributed by atoms with Crippen molar-refractivity contribution in [3.8, 4) is 0 Å². The lowest BCUT2D eigenvalue weighted by molar-refractivity contribution is 0.251. The van der Waals surface area contributed by atoms with Crippen LogP contribution < -0.4 is 0 Å². The van der Waals surface area contributed by atoms with Crippen molar-refractivity contribution in [1.82, 2.24) is 0 Å². The van der Waals surface area contributed by atoms with Gasteiger partial charge >= 0.3 is 0 Å². The Morgan fingerprint density at radius 2 is 2.00 bits per heavy atom. The highest BCUT2D eigenvalue weighted by atomic mass is 32.8. The molecule has 0 bridgehead atoms. The van der Waals surface area contributed by atoms with E-state index in [2.05, 4.69) is 13.8 Å². The molecule has 0 aromatic heterocycles. The molecule has 3 heteroatoms. The maximum absolute atomic E-state index is 5.78. The van der Waals surface area contributed by atoms with Crippen LogP contribution in [0.4, 0.5) is 0 Å². The van der Waals surface area contributed by atoms with E-state index in [1.807, 2.05) is 0 Å². The van der Waals surface area contributed by atoms with E-state index in [0.29, 0.717) is 11.4 Å². The predicted octanol–water partition coefficient (Wildman–Crippen LogP) is 3.13. The van der Waals surface area contributed by atoms with Gasteiger partial charge in [-0.15, -0.1) is 0 Å². The Morgan fingerprint density at radius 3 is 2.54 bits per heavy atom. The number of hydrogen-bond donors (Lipinski definition) is 0. The molecule has 0 aromatic rings. The molecule has 78 valence electrons. The molecule has 2 unspecified atom stereocenters. The SMILES string of the molecule is CCC(C)OS(=S)C1CCCCC1. The average molecular weight is 220 g/mol. The lowest BCUT2D eigenvalue weighted by Crippen LogP contribution is -2.22. The Balaban J connectivity index is 2.29. The Hall–Kier alpha value is 0.530. The van der Waals surface area contributed by atoms with Gasteiger partial charge in [0.25, 0.3) is 0 Å². The second-order valence-corrected chi connectivity index (χ2v) is 6.20. The highest BCUT2D eigenvalue weighted by Crippen LogP contribution is 2.23. The standard InChI is InChI=1S/C10H20OS2/c1-3-9(2)11-13(12)10-7-5-4-6-8-10/h9-10H,3-8H2,1-2H3. The highest BCUT2D eigenvalue weighted by Gasteiger charge is 2.18. The summed E-state index contributed by atoms with van der Waals surface area (Å²) in [5, 5.41) is 0.678. The number of rotatable bonds is 4. The van der Waals surface area contributed by atoms with Gasteiger partial charge in [0.2, 0.25) is 0 Å². The van der Waals surface area contributed by atoms with E-state index in [0.717, 1.165) is 6.42 Å². The van der Waals surface area contributed by atoms with Crippen molar-refractivity contribution < 1.29 is 4.18 Å². The summed E-state index contributed by atoms with van der Waals surface area (Å²) in [5.74, 6) is 0. The van der Waals surface area contributed by atoms with Crippen LogP contribution in [0, 0.1) is 0 Å². The van der Waals surface area contributed by atoms with Crippen molar-refractivity contribution in [2.24, 2.45) is 0 Å². The maximum Gasteiger partial charge on any atom is 0.0694 e. The minimum atomic E-state index is -0.203. The number of hydrogen-bond acceptors (Lipinski definition) is 2. The van der Waals surface area contributed by atoms with Gasteiger partial charge < -0.3 is 4.18 Å². The minimum absolute atomic E-state index is 0.203. The van der Waals surface area contributed by atoms with Crippen LogP contribution in [0.3, 0.4) is 0 Å². The van der Waals surface area contributed by atoms with Gasteiger partial charge in [-0.1, -0.05) is 26.2 Å². The van der Waals surface area contributed by atoms with Gasteiger partial charge in [0.1, 0.15) is 0 Å². The molecule has 1 fully saturated rings. The van der Waals surface area contributed by atoms with Crippen molar-refractivity contribution in [1.29, 1.82) is 0 Å². The summed E-state index contributed by atoms with van der Waals surface area (Å²) in [6, 6.07) is 0. The summed E-state index contributed by atoms with van der Waals surface area (Å²) in [5.41, 5.74) is 0.